The highest BCUT2D eigenvalue weighted by atomic mass is 16.6. The minimum Gasteiger partial charge on any atom is -0.466 e. The Labute approximate surface area is 37.1 Å². The fourth-order valence-electron chi connectivity index (χ4n) is 0.203. The standard InChI is InChI=1S/C4H8O2/c1-3-6-4(2)5/h3H2,1-2H3/i2+1,4+1. The Balaban J connectivity index is 2.83. The Morgan fingerprint density at radius 1 is 1.83 bits per heavy atom. The van der Waals surface area contributed by atoms with Crippen LogP contribution in [0.2, 0.25) is 0 Å². The van der Waals surface area contributed by atoms with Crippen LogP contribution in [0.1, 0.15) is 13.8 Å². The Hall–Kier alpha value is -0.530. The lowest BCUT2D eigenvalue weighted by atomic mass is 10.9. The van der Waals surface area contributed by atoms with E-state index in [1.54, 1.807) is 6.92 Å². The molecule has 2 nitrogen and oxygen atoms in total. The first-order chi connectivity index (χ1) is 2.77. The molecule has 0 aliphatic heterocycles. The zero-order valence-electron chi connectivity index (χ0n) is 4.02. The van der Waals surface area contributed by atoms with Crippen molar-refractivity contribution >= 4 is 5.97 Å². The maximum absolute atomic E-state index is 9.82. The van der Waals surface area contributed by atoms with Crippen molar-refractivity contribution in [3.8, 4) is 0 Å². The molecule has 0 saturated carbocycles. The molecule has 0 fully saturated rings. The molecule has 0 atom stereocenters. The van der Waals surface area contributed by atoms with Crippen LogP contribution in [0.25, 0.3) is 0 Å². The maximum atomic E-state index is 9.82. The molecule has 0 amide bonds. The van der Waals surface area contributed by atoms with Gasteiger partial charge in [-0.3, -0.25) is 4.79 Å². The predicted octanol–water partition coefficient (Wildman–Crippen LogP) is 0.569. The normalized spacial score (nSPS) is 7.67. The molecule has 0 aliphatic carbocycles. The van der Waals surface area contributed by atoms with Crippen LogP contribution in [0, 0.1) is 0 Å². The molecular formula is C4H8O2. The van der Waals surface area contributed by atoms with E-state index in [4.69, 9.17) is 0 Å². The van der Waals surface area contributed by atoms with Gasteiger partial charge in [0.25, 0.3) is 0 Å². The number of hydrogen-bond donors (Lipinski definition) is 0. The molecule has 36 valence electrons. The largest absolute Gasteiger partial charge is 0.466 e. The summed E-state index contributed by atoms with van der Waals surface area (Å²) in [6, 6.07) is 0. The van der Waals surface area contributed by atoms with E-state index in [2.05, 4.69) is 4.74 Å². The minimum absolute atomic E-state index is 0.211. The van der Waals surface area contributed by atoms with Gasteiger partial charge in [-0.15, -0.1) is 0 Å². The van der Waals surface area contributed by atoms with E-state index in [-0.39, 0.29) is 5.97 Å². The van der Waals surface area contributed by atoms with Crippen molar-refractivity contribution in [2.24, 2.45) is 0 Å². The monoisotopic (exact) mass is 90.1 g/mol. The van der Waals surface area contributed by atoms with Gasteiger partial charge in [-0.2, -0.15) is 0 Å². The minimum atomic E-state index is -0.211. The molecule has 0 aliphatic rings. The zero-order valence-corrected chi connectivity index (χ0v) is 4.02. The molecule has 0 bridgehead atoms. The van der Waals surface area contributed by atoms with Crippen LogP contribution in [0.5, 0.6) is 0 Å². The van der Waals surface area contributed by atoms with Crippen LogP contribution in [-0.4, -0.2) is 12.6 Å². The molecule has 0 heterocycles. The highest BCUT2D eigenvalue weighted by Gasteiger charge is 1.81. The summed E-state index contributed by atoms with van der Waals surface area (Å²) in [5.74, 6) is -0.211. The molecule has 0 rings (SSSR count). The van der Waals surface area contributed by atoms with Crippen LogP contribution in [0.3, 0.4) is 0 Å². The van der Waals surface area contributed by atoms with E-state index in [0.717, 1.165) is 0 Å². The van der Waals surface area contributed by atoms with Gasteiger partial charge in [0.2, 0.25) is 0 Å². The first kappa shape index (κ1) is 5.47. The summed E-state index contributed by atoms with van der Waals surface area (Å²) in [5, 5.41) is 0. The number of rotatable bonds is 1. The number of carbonyl (C=O) groups is 1. The van der Waals surface area contributed by atoms with Crippen molar-refractivity contribution in [3.05, 3.63) is 0 Å². The van der Waals surface area contributed by atoms with Crippen LogP contribution in [0.15, 0.2) is 0 Å². The fourth-order valence-corrected chi connectivity index (χ4v) is 0.203. The highest BCUT2D eigenvalue weighted by Crippen LogP contribution is 1.69. The SMILES string of the molecule is CCO[13C]([13CH3])=O. The smallest absolute Gasteiger partial charge is 0.302 e. The second kappa shape index (κ2) is 2.69. The lowest BCUT2D eigenvalue weighted by molar-refractivity contribution is -0.140. The average Bonchev–Trinajstić information content (AvgIpc) is 1.35. The van der Waals surface area contributed by atoms with E-state index < -0.39 is 0 Å². The molecule has 6 heavy (non-hydrogen) atoms. The third-order valence-electron chi connectivity index (χ3n) is 0.348. The predicted molar refractivity (Wildman–Crippen MR) is 22.3 cm³/mol. The number of esters is 1. The molecule has 0 aromatic carbocycles. The van der Waals surface area contributed by atoms with Crippen molar-refractivity contribution in [2.45, 2.75) is 13.8 Å². The van der Waals surface area contributed by atoms with E-state index in [9.17, 15) is 4.79 Å². The van der Waals surface area contributed by atoms with Crippen molar-refractivity contribution in [1.29, 1.82) is 0 Å². The van der Waals surface area contributed by atoms with Gasteiger partial charge in [-0.25, -0.2) is 0 Å². The van der Waals surface area contributed by atoms with Gasteiger partial charge in [-0.05, 0) is 6.92 Å². The lowest BCUT2D eigenvalue weighted by Gasteiger charge is -1.89. The van der Waals surface area contributed by atoms with E-state index in [1.807, 2.05) is 0 Å². The molecule has 0 aromatic heterocycles. The molecule has 0 radical (unpaired) electrons. The van der Waals surface area contributed by atoms with E-state index in [0.29, 0.717) is 6.61 Å². The summed E-state index contributed by atoms with van der Waals surface area (Å²) >= 11 is 0. The van der Waals surface area contributed by atoms with Crippen LogP contribution in [0.4, 0.5) is 0 Å². The Morgan fingerprint density at radius 3 is 2.33 bits per heavy atom. The van der Waals surface area contributed by atoms with Gasteiger partial charge in [0.05, 0.1) is 6.61 Å². The summed E-state index contributed by atoms with van der Waals surface area (Å²) in [7, 11) is 0. The maximum Gasteiger partial charge on any atom is 0.302 e. The van der Waals surface area contributed by atoms with Crippen molar-refractivity contribution in [2.75, 3.05) is 6.61 Å². The average molecular weight is 90.1 g/mol. The summed E-state index contributed by atoms with van der Waals surface area (Å²) in [4.78, 5) is 9.82. The van der Waals surface area contributed by atoms with Gasteiger partial charge in [0.1, 0.15) is 0 Å². The Bertz CT molecular complexity index is 49.5. The topological polar surface area (TPSA) is 26.3 Å². The zero-order chi connectivity index (χ0) is 4.99. The quantitative estimate of drug-likeness (QED) is 0.347. The highest BCUT2D eigenvalue weighted by molar-refractivity contribution is 5.65. The lowest BCUT2D eigenvalue weighted by Crippen LogP contribution is -1.95. The molecule has 0 saturated heterocycles. The third kappa shape index (κ3) is 3.47. The first-order valence-corrected chi connectivity index (χ1v) is 1.90. The van der Waals surface area contributed by atoms with Crippen molar-refractivity contribution in [1.82, 2.24) is 0 Å². The molecule has 0 unspecified atom stereocenters. The van der Waals surface area contributed by atoms with E-state index in [1.165, 1.54) is 6.92 Å². The number of hydrogen-bond acceptors (Lipinski definition) is 2. The molecular weight excluding hydrogens is 82.0 g/mol. The Morgan fingerprint density at radius 2 is 2.33 bits per heavy atom. The molecule has 0 spiro atoms. The van der Waals surface area contributed by atoms with Gasteiger partial charge < -0.3 is 4.74 Å². The second-order valence-corrected chi connectivity index (χ2v) is 0.925. The van der Waals surface area contributed by atoms with Crippen LogP contribution in [-0.2, 0) is 9.53 Å². The summed E-state index contributed by atoms with van der Waals surface area (Å²) in [6.07, 6.45) is 0. The fraction of sp³-hybridized carbons (Fsp3) is 0.750. The van der Waals surface area contributed by atoms with Crippen molar-refractivity contribution < 1.29 is 9.53 Å². The van der Waals surface area contributed by atoms with Crippen LogP contribution < -0.4 is 0 Å². The molecule has 2 heteroatoms. The summed E-state index contributed by atoms with van der Waals surface area (Å²) in [5.41, 5.74) is 0. The van der Waals surface area contributed by atoms with Gasteiger partial charge >= 0.3 is 5.97 Å². The third-order valence-corrected chi connectivity index (χ3v) is 0.348. The van der Waals surface area contributed by atoms with Crippen molar-refractivity contribution in [3.63, 3.8) is 0 Å². The molecule has 0 N–H and O–H groups in total. The summed E-state index contributed by atoms with van der Waals surface area (Å²) in [6.45, 7) is 3.65. The molecule has 0 aromatic rings. The van der Waals surface area contributed by atoms with Gasteiger partial charge in [-0.1, -0.05) is 0 Å². The second-order valence-electron chi connectivity index (χ2n) is 0.925. The van der Waals surface area contributed by atoms with Crippen LogP contribution >= 0.6 is 0 Å². The number of carbonyl (C=O) groups excluding carboxylic acids is 1. The van der Waals surface area contributed by atoms with Gasteiger partial charge in [0.15, 0.2) is 0 Å². The summed E-state index contributed by atoms with van der Waals surface area (Å²) < 4.78 is 4.40. The van der Waals surface area contributed by atoms with Gasteiger partial charge in [0, 0.05) is 6.92 Å². The first-order valence-electron chi connectivity index (χ1n) is 1.90. The van der Waals surface area contributed by atoms with E-state index >= 15 is 0 Å². The number of ether oxygens (including phenoxy) is 1. The Kier molecular flexibility index (Phi) is 2.46.